The van der Waals surface area contributed by atoms with Crippen molar-refractivity contribution in [2.75, 3.05) is 17.7 Å². The minimum absolute atomic E-state index is 0.609. The highest BCUT2D eigenvalue weighted by atomic mass is 15.0. The highest BCUT2D eigenvalue weighted by Gasteiger charge is 2.10. The molecule has 0 saturated heterocycles. The number of nitrogens with one attached hydrogen (secondary N) is 3. The van der Waals surface area contributed by atoms with E-state index in [9.17, 15) is 0 Å². The zero-order chi connectivity index (χ0) is 14.7. The summed E-state index contributed by atoms with van der Waals surface area (Å²) in [7, 11) is 1.89. The molecule has 0 bridgehead atoms. The Morgan fingerprint density at radius 2 is 2.14 bits per heavy atom. The van der Waals surface area contributed by atoms with Gasteiger partial charge in [0.1, 0.15) is 17.8 Å². The van der Waals surface area contributed by atoms with Gasteiger partial charge < -0.3 is 15.6 Å². The lowest BCUT2D eigenvalue weighted by Crippen LogP contribution is -2.07. The zero-order valence-electron chi connectivity index (χ0n) is 12.1. The number of fused-ring (bicyclic) bond motifs is 1. The molecule has 3 aromatic rings. The molecular formula is C15H18N6. The Balaban J connectivity index is 1.90. The molecular weight excluding hydrogens is 264 g/mol. The third-order valence-electron chi connectivity index (χ3n) is 3.52. The average molecular weight is 282 g/mol. The van der Waals surface area contributed by atoms with Crippen LogP contribution in [-0.2, 0) is 13.0 Å². The fourth-order valence-corrected chi connectivity index (χ4v) is 2.41. The summed E-state index contributed by atoms with van der Waals surface area (Å²) >= 11 is 0. The number of nitrogens with zero attached hydrogens (tertiary/aromatic N) is 3. The molecule has 3 rings (SSSR count). The first-order chi connectivity index (χ1) is 10.3. The van der Waals surface area contributed by atoms with E-state index < -0.39 is 0 Å². The first-order valence-corrected chi connectivity index (χ1v) is 7.00. The minimum Gasteiger partial charge on any atom is -0.387 e. The Kier molecular flexibility index (Phi) is 3.68. The predicted molar refractivity (Wildman–Crippen MR) is 84.4 cm³/mol. The van der Waals surface area contributed by atoms with Gasteiger partial charge in [-0.15, -0.1) is 0 Å². The number of anilines is 2. The van der Waals surface area contributed by atoms with E-state index in [1.54, 1.807) is 12.5 Å². The molecule has 0 atom stereocenters. The summed E-state index contributed by atoms with van der Waals surface area (Å²) in [6.45, 7) is 2.73. The van der Waals surface area contributed by atoms with Gasteiger partial charge in [0.15, 0.2) is 0 Å². The summed E-state index contributed by atoms with van der Waals surface area (Å²) in [5.74, 6) is 0.839. The summed E-state index contributed by atoms with van der Waals surface area (Å²) in [5.41, 5.74) is 4.04. The van der Waals surface area contributed by atoms with Crippen molar-refractivity contribution < 1.29 is 0 Å². The maximum absolute atomic E-state index is 4.40. The number of H-pyrrole nitrogens is 1. The molecule has 3 aromatic heterocycles. The molecule has 0 amide bonds. The lowest BCUT2D eigenvalue weighted by Gasteiger charge is -2.10. The van der Waals surface area contributed by atoms with E-state index in [0.29, 0.717) is 6.54 Å². The van der Waals surface area contributed by atoms with Crippen LogP contribution >= 0.6 is 0 Å². The van der Waals surface area contributed by atoms with Crippen LogP contribution in [0.3, 0.4) is 0 Å². The molecule has 3 N–H and O–H groups in total. The average Bonchev–Trinajstić information content (AvgIpc) is 2.97. The van der Waals surface area contributed by atoms with Crippen LogP contribution in [0.25, 0.3) is 11.0 Å². The number of aromatic nitrogens is 4. The Hall–Kier alpha value is -2.63. The standard InChI is InChI=1S/C15H18N6/c1-3-10-7-18-14-13(10)15(21-9-20-14)19-8-12-11(16-2)5-4-6-17-12/h4-7,9,16H,3,8H2,1-2H3,(H2,18,19,20,21). The van der Waals surface area contributed by atoms with Gasteiger partial charge in [-0.05, 0) is 24.1 Å². The summed E-state index contributed by atoms with van der Waals surface area (Å²) in [6.07, 6.45) is 6.29. The summed E-state index contributed by atoms with van der Waals surface area (Å²) in [4.78, 5) is 16.2. The van der Waals surface area contributed by atoms with Gasteiger partial charge >= 0.3 is 0 Å². The number of hydrogen-bond donors (Lipinski definition) is 3. The maximum Gasteiger partial charge on any atom is 0.143 e. The van der Waals surface area contributed by atoms with Gasteiger partial charge in [0, 0.05) is 19.4 Å². The lowest BCUT2D eigenvalue weighted by atomic mass is 10.2. The zero-order valence-corrected chi connectivity index (χ0v) is 12.1. The number of aryl methyl sites for hydroxylation is 1. The van der Waals surface area contributed by atoms with Gasteiger partial charge in [-0.3, -0.25) is 4.98 Å². The van der Waals surface area contributed by atoms with E-state index in [1.165, 1.54) is 5.56 Å². The third-order valence-corrected chi connectivity index (χ3v) is 3.52. The second kappa shape index (κ2) is 5.78. The van der Waals surface area contributed by atoms with Crippen molar-refractivity contribution >= 4 is 22.5 Å². The van der Waals surface area contributed by atoms with E-state index in [1.807, 2.05) is 25.4 Å². The largest absolute Gasteiger partial charge is 0.387 e. The van der Waals surface area contributed by atoms with Crippen LogP contribution in [0.15, 0.2) is 30.9 Å². The smallest absolute Gasteiger partial charge is 0.143 e. The second-order valence-corrected chi connectivity index (χ2v) is 4.71. The Labute approximate surface area is 123 Å². The third kappa shape index (κ3) is 2.52. The van der Waals surface area contributed by atoms with Crippen LogP contribution in [0.4, 0.5) is 11.5 Å². The van der Waals surface area contributed by atoms with Crippen molar-refractivity contribution in [2.45, 2.75) is 19.9 Å². The molecule has 21 heavy (non-hydrogen) atoms. The molecule has 0 aliphatic rings. The molecule has 0 fully saturated rings. The van der Waals surface area contributed by atoms with Gasteiger partial charge in [0.2, 0.25) is 0 Å². The minimum atomic E-state index is 0.609. The first kappa shape index (κ1) is 13.4. The molecule has 0 saturated carbocycles. The van der Waals surface area contributed by atoms with E-state index in [-0.39, 0.29) is 0 Å². The van der Waals surface area contributed by atoms with E-state index >= 15 is 0 Å². The molecule has 0 aliphatic carbocycles. The van der Waals surface area contributed by atoms with Crippen LogP contribution in [-0.4, -0.2) is 27.0 Å². The first-order valence-electron chi connectivity index (χ1n) is 7.00. The van der Waals surface area contributed by atoms with Crippen LogP contribution in [0.5, 0.6) is 0 Å². The van der Waals surface area contributed by atoms with Crippen molar-refractivity contribution in [3.8, 4) is 0 Å². The highest BCUT2D eigenvalue weighted by Crippen LogP contribution is 2.24. The van der Waals surface area contributed by atoms with Gasteiger partial charge in [-0.1, -0.05) is 6.92 Å². The van der Waals surface area contributed by atoms with E-state index in [4.69, 9.17) is 0 Å². The molecule has 6 heteroatoms. The fraction of sp³-hybridized carbons (Fsp3) is 0.267. The van der Waals surface area contributed by atoms with E-state index in [0.717, 1.165) is 34.7 Å². The maximum atomic E-state index is 4.40. The summed E-state index contributed by atoms with van der Waals surface area (Å²) in [6, 6.07) is 3.92. The van der Waals surface area contributed by atoms with Crippen molar-refractivity contribution in [3.63, 3.8) is 0 Å². The van der Waals surface area contributed by atoms with Gasteiger partial charge in [-0.2, -0.15) is 0 Å². The van der Waals surface area contributed by atoms with Crippen molar-refractivity contribution in [3.05, 3.63) is 42.1 Å². The summed E-state index contributed by atoms with van der Waals surface area (Å²) < 4.78 is 0. The molecule has 0 unspecified atom stereocenters. The molecule has 0 spiro atoms. The molecule has 3 heterocycles. The SMILES string of the molecule is CCc1c[nH]c2ncnc(NCc3ncccc3NC)c12. The topological polar surface area (TPSA) is 78.5 Å². The molecule has 6 nitrogen and oxygen atoms in total. The van der Waals surface area contributed by atoms with Crippen molar-refractivity contribution in [1.29, 1.82) is 0 Å². The molecule has 0 radical (unpaired) electrons. The second-order valence-electron chi connectivity index (χ2n) is 4.71. The lowest BCUT2D eigenvalue weighted by molar-refractivity contribution is 1.03. The Bertz CT molecular complexity index is 749. The molecule has 108 valence electrons. The Morgan fingerprint density at radius 1 is 1.24 bits per heavy atom. The van der Waals surface area contributed by atoms with Crippen LogP contribution in [0, 0.1) is 0 Å². The number of hydrogen-bond acceptors (Lipinski definition) is 5. The Morgan fingerprint density at radius 3 is 2.95 bits per heavy atom. The molecule has 0 aliphatic heterocycles. The van der Waals surface area contributed by atoms with Crippen LogP contribution < -0.4 is 10.6 Å². The predicted octanol–water partition coefficient (Wildman–Crippen LogP) is 2.57. The van der Waals surface area contributed by atoms with Gasteiger partial charge in [0.05, 0.1) is 23.3 Å². The fourth-order valence-electron chi connectivity index (χ4n) is 2.41. The number of rotatable bonds is 5. The van der Waals surface area contributed by atoms with Crippen LogP contribution in [0.2, 0.25) is 0 Å². The number of pyridine rings is 1. The van der Waals surface area contributed by atoms with Gasteiger partial charge in [-0.25, -0.2) is 9.97 Å². The monoisotopic (exact) mass is 282 g/mol. The van der Waals surface area contributed by atoms with Gasteiger partial charge in [0.25, 0.3) is 0 Å². The van der Waals surface area contributed by atoms with E-state index in [2.05, 4.69) is 37.5 Å². The quantitative estimate of drug-likeness (QED) is 0.670. The molecule has 0 aromatic carbocycles. The highest BCUT2D eigenvalue weighted by molar-refractivity contribution is 5.90. The van der Waals surface area contributed by atoms with Crippen LogP contribution in [0.1, 0.15) is 18.2 Å². The van der Waals surface area contributed by atoms with Crippen molar-refractivity contribution in [2.24, 2.45) is 0 Å². The number of aromatic amines is 1. The van der Waals surface area contributed by atoms with Crippen molar-refractivity contribution in [1.82, 2.24) is 19.9 Å². The normalized spacial score (nSPS) is 10.8. The summed E-state index contributed by atoms with van der Waals surface area (Å²) in [5, 5.41) is 7.57.